The second-order valence-electron chi connectivity index (χ2n) is 6.03. The van der Waals surface area contributed by atoms with E-state index in [1.165, 1.54) is 13.0 Å². The summed E-state index contributed by atoms with van der Waals surface area (Å²) in [6.45, 7) is 1.95. The molecule has 28 heavy (non-hydrogen) atoms. The molecule has 2 aromatic rings. The number of nitrogens with zero attached hydrogens (tertiary/aromatic N) is 1. The molecule has 0 aliphatic rings. The molecule has 152 valence electrons. The van der Waals surface area contributed by atoms with E-state index in [1.807, 2.05) is 0 Å². The number of hydrogen-bond acceptors (Lipinski definition) is 5. The lowest BCUT2D eigenvalue weighted by Gasteiger charge is -2.28. The van der Waals surface area contributed by atoms with Crippen molar-refractivity contribution in [3.05, 3.63) is 53.6 Å². The Morgan fingerprint density at radius 3 is 2.50 bits per heavy atom. The molecule has 9 heteroatoms. The minimum absolute atomic E-state index is 0.216. The van der Waals surface area contributed by atoms with Gasteiger partial charge in [-0.15, -0.1) is 0 Å². The number of sulfonamides is 1. The van der Waals surface area contributed by atoms with Gasteiger partial charge in [0.2, 0.25) is 15.9 Å². The molecule has 1 atom stereocenters. The molecule has 7 nitrogen and oxygen atoms in total. The molecule has 0 saturated carbocycles. The van der Waals surface area contributed by atoms with Crippen LogP contribution in [0.2, 0.25) is 5.02 Å². The number of carbonyl (C=O) groups is 1. The summed E-state index contributed by atoms with van der Waals surface area (Å²) in [4.78, 5) is 12.5. The van der Waals surface area contributed by atoms with Crippen LogP contribution < -0.4 is 19.1 Å². The summed E-state index contributed by atoms with van der Waals surface area (Å²) in [6.07, 6.45) is 1.05. The van der Waals surface area contributed by atoms with Crippen LogP contribution in [0.25, 0.3) is 0 Å². The lowest BCUT2D eigenvalue weighted by atomic mass is 10.2. The van der Waals surface area contributed by atoms with E-state index in [4.69, 9.17) is 21.1 Å². The molecule has 0 bridgehead atoms. The Labute approximate surface area is 170 Å². The monoisotopic (exact) mass is 426 g/mol. The molecule has 2 aromatic carbocycles. The second kappa shape index (κ2) is 9.66. The van der Waals surface area contributed by atoms with Crippen molar-refractivity contribution in [3.63, 3.8) is 0 Å². The van der Waals surface area contributed by atoms with E-state index in [2.05, 4.69) is 5.32 Å². The molecular formula is C19H23ClN2O5S. The largest absolute Gasteiger partial charge is 0.497 e. The molecule has 2 rings (SSSR count). The number of halogens is 1. The average molecular weight is 427 g/mol. The van der Waals surface area contributed by atoms with E-state index in [0.29, 0.717) is 22.2 Å². The van der Waals surface area contributed by atoms with Crippen molar-refractivity contribution in [3.8, 4) is 11.5 Å². The fourth-order valence-electron chi connectivity index (χ4n) is 2.60. The summed E-state index contributed by atoms with van der Waals surface area (Å²) in [5, 5.41) is 3.06. The molecule has 1 N–H and O–H groups in total. The number of amides is 1. The first-order valence-electron chi connectivity index (χ1n) is 8.52. The van der Waals surface area contributed by atoms with E-state index in [9.17, 15) is 13.2 Å². The highest BCUT2D eigenvalue weighted by atomic mass is 35.5. The van der Waals surface area contributed by atoms with Crippen molar-refractivity contribution in [1.29, 1.82) is 0 Å². The zero-order valence-corrected chi connectivity index (χ0v) is 17.5. The van der Waals surface area contributed by atoms with Gasteiger partial charge in [0, 0.05) is 11.1 Å². The van der Waals surface area contributed by atoms with Crippen LogP contribution in [0.1, 0.15) is 6.92 Å². The normalized spacial score (nSPS) is 12.1. The van der Waals surface area contributed by atoms with Crippen LogP contribution in [0.15, 0.2) is 48.5 Å². The third-order valence-corrected chi connectivity index (χ3v) is 5.34. The number of rotatable bonds is 9. The first-order valence-corrected chi connectivity index (χ1v) is 10.7. The van der Waals surface area contributed by atoms with Gasteiger partial charge in [0.05, 0.1) is 25.6 Å². The van der Waals surface area contributed by atoms with Gasteiger partial charge in [-0.2, -0.15) is 0 Å². The molecule has 0 heterocycles. The average Bonchev–Trinajstić information content (AvgIpc) is 2.64. The second-order valence-corrected chi connectivity index (χ2v) is 8.33. The first kappa shape index (κ1) is 21.8. The van der Waals surface area contributed by atoms with Gasteiger partial charge in [-0.1, -0.05) is 23.7 Å². The third-order valence-electron chi connectivity index (χ3n) is 3.86. The van der Waals surface area contributed by atoms with Crippen molar-refractivity contribution in [2.24, 2.45) is 0 Å². The number of nitrogens with one attached hydrogen (secondary N) is 1. The standard InChI is InChI=1S/C19H23ClN2O5S/c1-14(22(28(3,24)25)16-7-4-6-15(20)12-16)19(23)21-10-11-27-18-9-5-8-17(13-18)26-2/h4-9,12-14H,10-11H2,1-3H3,(H,21,23)/t14-/m1/s1. The van der Waals surface area contributed by atoms with Gasteiger partial charge in [0.15, 0.2) is 0 Å². The van der Waals surface area contributed by atoms with E-state index in [-0.39, 0.29) is 13.2 Å². The molecule has 0 aromatic heterocycles. The maximum atomic E-state index is 12.5. The molecule has 0 saturated heterocycles. The molecule has 0 unspecified atom stereocenters. The summed E-state index contributed by atoms with van der Waals surface area (Å²) in [5.41, 5.74) is 0.324. The molecule has 0 aliphatic carbocycles. The maximum Gasteiger partial charge on any atom is 0.243 e. The van der Waals surface area contributed by atoms with Gasteiger partial charge in [0.25, 0.3) is 0 Å². The Morgan fingerprint density at radius 2 is 1.86 bits per heavy atom. The Kier molecular flexibility index (Phi) is 7.53. The number of methoxy groups -OCH3 is 1. The zero-order valence-electron chi connectivity index (χ0n) is 15.9. The molecular weight excluding hydrogens is 404 g/mol. The molecule has 0 spiro atoms. The Bertz CT molecular complexity index is 920. The fourth-order valence-corrected chi connectivity index (χ4v) is 3.95. The first-order chi connectivity index (χ1) is 13.2. The minimum Gasteiger partial charge on any atom is -0.497 e. The molecule has 1 amide bonds. The Balaban J connectivity index is 1.97. The van der Waals surface area contributed by atoms with Crippen LogP contribution in [-0.4, -0.2) is 46.9 Å². The van der Waals surface area contributed by atoms with Crippen molar-refractivity contribution < 1.29 is 22.7 Å². The van der Waals surface area contributed by atoms with Crippen molar-refractivity contribution in [2.45, 2.75) is 13.0 Å². The highest BCUT2D eigenvalue weighted by Gasteiger charge is 2.29. The third kappa shape index (κ3) is 6.03. The molecule has 0 aliphatic heterocycles. The van der Waals surface area contributed by atoms with Gasteiger partial charge in [-0.05, 0) is 37.3 Å². The number of anilines is 1. The van der Waals surface area contributed by atoms with Crippen LogP contribution in [0, 0.1) is 0 Å². The van der Waals surface area contributed by atoms with Crippen molar-refractivity contribution in [2.75, 3.05) is 30.8 Å². The smallest absolute Gasteiger partial charge is 0.243 e. The zero-order chi connectivity index (χ0) is 20.7. The van der Waals surface area contributed by atoms with Crippen LogP contribution in [0.3, 0.4) is 0 Å². The number of ether oxygens (including phenoxy) is 2. The van der Waals surface area contributed by atoms with E-state index in [1.54, 1.807) is 49.6 Å². The fraction of sp³-hybridized carbons (Fsp3) is 0.316. The van der Waals surface area contributed by atoms with Crippen LogP contribution in [-0.2, 0) is 14.8 Å². The van der Waals surface area contributed by atoms with E-state index in [0.717, 1.165) is 10.6 Å². The SMILES string of the molecule is COc1cccc(OCCNC(=O)[C@@H](C)N(c2cccc(Cl)c2)S(C)(=O)=O)c1. The van der Waals surface area contributed by atoms with Gasteiger partial charge < -0.3 is 14.8 Å². The lowest BCUT2D eigenvalue weighted by Crippen LogP contribution is -2.48. The summed E-state index contributed by atoms with van der Waals surface area (Å²) < 4.78 is 36.2. The molecule has 0 fully saturated rings. The van der Waals surface area contributed by atoms with Crippen LogP contribution in [0.5, 0.6) is 11.5 Å². The van der Waals surface area contributed by atoms with Gasteiger partial charge in [0.1, 0.15) is 24.1 Å². The van der Waals surface area contributed by atoms with E-state index < -0.39 is 22.0 Å². The number of benzene rings is 2. The van der Waals surface area contributed by atoms with Crippen molar-refractivity contribution >= 4 is 33.2 Å². The summed E-state index contributed by atoms with van der Waals surface area (Å²) >= 11 is 5.96. The predicted octanol–water partition coefficient (Wildman–Crippen LogP) is 2.70. The maximum absolute atomic E-state index is 12.5. The lowest BCUT2D eigenvalue weighted by molar-refractivity contribution is -0.121. The summed E-state index contributed by atoms with van der Waals surface area (Å²) in [5.74, 6) is 0.832. The van der Waals surface area contributed by atoms with E-state index >= 15 is 0 Å². The quantitative estimate of drug-likeness (QED) is 0.623. The highest BCUT2D eigenvalue weighted by molar-refractivity contribution is 7.92. The minimum atomic E-state index is -3.69. The predicted molar refractivity (Wildman–Crippen MR) is 110 cm³/mol. The Morgan fingerprint density at radius 1 is 1.18 bits per heavy atom. The van der Waals surface area contributed by atoms with Gasteiger partial charge in [-0.3, -0.25) is 9.10 Å². The Hall–Kier alpha value is -2.45. The van der Waals surface area contributed by atoms with Crippen LogP contribution >= 0.6 is 11.6 Å². The molecule has 0 radical (unpaired) electrons. The summed E-state index contributed by atoms with van der Waals surface area (Å²) in [7, 11) is -2.13. The van der Waals surface area contributed by atoms with Gasteiger partial charge >= 0.3 is 0 Å². The van der Waals surface area contributed by atoms with Gasteiger partial charge in [-0.25, -0.2) is 8.42 Å². The van der Waals surface area contributed by atoms with Crippen molar-refractivity contribution in [1.82, 2.24) is 5.32 Å². The summed E-state index contributed by atoms with van der Waals surface area (Å²) in [6, 6.07) is 12.5. The highest BCUT2D eigenvalue weighted by Crippen LogP contribution is 2.24. The number of carbonyl (C=O) groups excluding carboxylic acids is 1. The van der Waals surface area contributed by atoms with Crippen LogP contribution in [0.4, 0.5) is 5.69 Å². The number of hydrogen-bond donors (Lipinski definition) is 1. The topological polar surface area (TPSA) is 84.9 Å².